The van der Waals surface area contributed by atoms with Crippen molar-refractivity contribution in [2.75, 3.05) is 49.6 Å². The first-order chi connectivity index (χ1) is 19.8. The van der Waals surface area contributed by atoms with Gasteiger partial charge in [0.05, 0.1) is 28.4 Å². The van der Waals surface area contributed by atoms with Gasteiger partial charge in [0.15, 0.2) is 5.11 Å². The van der Waals surface area contributed by atoms with Gasteiger partial charge in [-0.3, -0.25) is 14.9 Å². The largest absolute Gasteiger partial charge is 0.494 e. The van der Waals surface area contributed by atoms with Gasteiger partial charge >= 0.3 is 0 Å². The van der Waals surface area contributed by atoms with Gasteiger partial charge in [0.25, 0.3) is 11.8 Å². The number of anilines is 2. The average Bonchev–Trinajstić information content (AvgIpc) is 2.97. The summed E-state index contributed by atoms with van der Waals surface area (Å²) in [5.41, 5.74) is 2.61. The third-order valence-corrected chi connectivity index (χ3v) is 7.53. The number of piperazine rings is 1. The van der Waals surface area contributed by atoms with Gasteiger partial charge in [-0.05, 0) is 102 Å². The monoisotopic (exact) mass is 658 g/mol. The summed E-state index contributed by atoms with van der Waals surface area (Å²) in [6.07, 6.45) is 0.934. The highest BCUT2D eigenvalue weighted by Gasteiger charge is 2.23. The van der Waals surface area contributed by atoms with E-state index in [0.717, 1.165) is 17.9 Å². The lowest BCUT2D eigenvalue weighted by Gasteiger charge is -2.36. The SMILES string of the molecule is CCCOc1ccc(C(=O)N2CCN(c3ccc(NC(=S)NC(=O)c4ccc(OCC)c(Br)c4)cc3Cl)CC2)cc1. The number of hydrogen-bond donors (Lipinski definition) is 2. The Morgan fingerprint density at radius 3 is 2.29 bits per heavy atom. The van der Waals surface area contributed by atoms with Crippen LogP contribution in [0.4, 0.5) is 11.4 Å². The first kappa shape index (κ1) is 30.6. The number of hydrogen-bond acceptors (Lipinski definition) is 6. The Bertz CT molecular complexity index is 1400. The fraction of sp³-hybridized carbons (Fsp3) is 0.300. The normalized spacial score (nSPS) is 13.0. The molecule has 2 N–H and O–H groups in total. The van der Waals surface area contributed by atoms with Crippen LogP contribution in [0.15, 0.2) is 65.1 Å². The van der Waals surface area contributed by atoms with Gasteiger partial charge in [-0.1, -0.05) is 18.5 Å². The van der Waals surface area contributed by atoms with Crippen LogP contribution >= 0.6 is 39.7 Å². The van der Waals surface area contributed by atoms with Crippen molar-refractivity contribution in [1.29, 1.82) is 0 Å². The van der Waals surface area contributed by atoms with Crippen LogP contribution in [-0.2, 0) is 0 Å². The van der Waals surface area contributed by atoms with Crippen molar-refractivity contribution in [1.82, 2.24) is 10.2 Å². The van der Waals surface area contributed by atoms with E-state index in [2.05, 4.69) is 38.4 Å². The first-order valence-electron chi connectivity index (χ1n) is 13.4. The molecular formula is C30H32BrClN4O4S. The average molecular weight is 660 g/mol. The third-order valence-electron chi connectivity index (χ3n) is 6.41. The molecule has 0 aromatic heterocycles. The van der Waals surface area contributed by atoms with Crippen molar-refractivity contribution in [2.45, 2.75) is 20.3 Å². The maximum absolute atomic E-state index is 13.0. The second-order valence-electron chi connectivity index (χ2n) is 9.30. The summed E-state index contributed by atoms with van der Waals surface area (Å²) in [7, 11) is 0. The van der Waals surface area contributed by atoms with Gasteiger partial charge in [-0.25, -0.2) is 0 Å². The van der Waals surface area contributed by atoms with Crippen molar-refractivity contribution in [3.63, 3.8) is 0 Å². The van der Waals surface area contributed by atoms with Crippen LogP contribution in [0.2, 0.25) is 5.02 Å². The topological polar surface area (TPSA) is 83.1 Å². The summed E-state index contributed by atoms with van der Waals surface area (Å²) in [4.78, 5) is 29.6. The number of thiocarbonyl (C=S) groups is 1. The first-order valence-corrected chi connectivity index (χ1v) is 15.0. The van der Waals surface area contributed by atoms with E-state index < -0.39 is 0 Å². The smallest absolute Gasteiger partial charge is 0.257 e. The van der Waals surface area contributed by atoms with Crippen LogP contribution in [0.25, 0.3) is 0 Å². The molecule has 216 valence electrons. The van der Waals surface area contributed by atoms with E-state index in [1.54, 1.807) is 24.3 Å². The maximum Gasteiger partial charge on any atom is 0.257 e. The van der Waals surface area contributed by atoms with Crippen molar-refractivity contribution in [3.05, 3.63) is 81.3 Å². The second-order valence-corrected chi connectivity index (χ2v) is 11.0. The molecule has 0 atom stereocenters. The Morgan fingerprint density at radius 1 is 0.951 bits per heavy atom. The molecule has 1 aliphatic rings. The van der Waals surface area contributed by atoms with Crippen LogP contribution in [0.5, 0.6) is 11.5 Å². The molecule has 3 aromatic rings. The fourth-order valence-electron chi connectivity index (χ4n) is 4.34. The molecule has 0 saturated carbocycles. The number of halogens is 2. The van der Waals surface area contributed by atoms with Crippen LogP contribution < -0.4 is 25.0 Å². The van der Waals surface area contributed by atoms with E-state index in [1.807, 2.05) is 48.2 Å². The van der Waals surface area contributed by atoms with E-state index in [1.165, 1.54) is 0 Å². The lowest BCUT2D eigenvalue weighted by atomic mass is 10.1. The molecule has 3 aromatic carbocycles. The van der Waals surface area contributed by atoms with E-state index in [-0.39, 0.29) is 16.9 Å². The zero-order valence-corrected chi connectivity index (χ0v) is 26.1. The Kier molecular flexibility index (Phi) is 10.8. The molecule has 0 spiro atoms. The Hall–Kier alpha value is -3.34. The van der Waals surface area contributed by atoms with Crippen LogP contribution in [0, 0.1) is 0 Å². The van der Waals surface area contributed by atoms with Crippen molar-refractivity contribution in [2.24, 2.45) is 0 Å². The van der Waals surface area contributed by atoms with E-state index in [0.29, 0.717) is 71.5 Å². The Morgan fingerprint density at radius 2 is 1.66 bits per heavy atom. The van der Waals surface area contributed by atoms with Crippen molar-refractivity contribution < 1.29 is 19.1 Å². The zero-order valence-electron chi connectivity index (χ0n) is 22.9. The molecule has 0 aliphatic carbocycles. The van der Waals surface area contributed by atoms with Crippen LogP contribution in [-0.4, -0.2) is 61.2 Å². The Labute approximate surface area is 259 Å². The molecule has 1 aliphatic heterocycles. The lowest BCUT2D eigenvalue weighted by molar-refractivity contribution is 0.0746. The second kappa shape index (κ2) is 14.5. The number of carbonyl (C=O) groups excluding carboxylic acids is 2. The quantitative estimate of drug-likeness (QED) is 0.258. The van der Waals surface area contributed by atoms with E-state index in [9.17, 15) is 9.59 Å². The van der Waals surface area contributed by atoms with Gasteiger partial charge in [-0.2, -0.15) is 0 Å². The van der Waals surface area contributed by atoms with Gasteiger partial charge in [0, 0.05) is 43.0 Å². The van der Waals surface area contributed by atoms with Crippen molar-refractivity contribution >= 4 is 68.1 Å². The summed E-state index contributed by atoms with van der Waals surface area (Å²) in [6.45, 7) is 7.61. The minimum absolute atomic E-state index is 0.00508. The molecule has 1 saturated heterocycles. The molecule has 11 heteroatoms. The van der Waals surface area contributed by atoms with Gasteiger partial charge in [-0.15, -0.1) is 0 Å². The molecule has 2 amide bonds. The molecule has 0 bridgehead atoms. The highest BCUT2D eigenvalue weighted by molar-refractivity contribution is 9.10. The summed E-state index contributed by atoms with van der Waals surface area (Å²) in [5, 5.41) is 6.39. The number of nitrogens with one attached hydrogen (secondary N) is 2. The Balaban J connectivity index is 1.29. The minimum Gasteiger partial charge on any atom is -0.494 e. The van der Waals surface area contributed by atoms with E-state index >= 15 is 0 Å². The highest BCUT2D eigenvalue weighted by atomic mass is 79.9. The molecule has 0 radical (unpaired) electrons. The molecule has 0 unspecified atom stereocenters. The molecule has 4 rings (SSSR count). The number of nitrogens with zero attached hydrogens (tertiary/aromatic N) is 2. The number of benzene rings is 3. The fourth-order valence-corrected chi connectivity index (χ4v) is 5.34. The molecule has 1 heterocycles. The molecular weight excluding hydrogens is 628 g/mol. The predicted molar refractivity (Wildman–Crippen MR) is 171 cm³/mol. The minimum atomic E-state index is -0.345. The standard InChI is InChI=1S/C30H32BrClN4O4S/c1-3-17-40-23-9-5-20(6-10-23)29(38)36-15-13-35(14-16-36)26-11-8-22(19-25(26)32)33-30(41)34-28(37)21-7-12-27(39-4-2)24(31)18-21/h5-12,18-19H,3-4,13-17H2,1-2H3,(H2,33,34,37,41). The van der Waals surface area contributed by atoms with Crippen LogP contribution in [0.3, 0.4) is 0 Å². The number of rotatable bonds is 9. The van der Waals surface area contributed by atoms with Gasteiger partial charge < -0.3 is 24.6 Å². The summed E-state index contributed by atoms with van der Waals surface area (Å²) < 4.78 is 11.8. The number of amides is 2. The summed E-state index contributed by atoms with van der Waals surface area (Å²) in [6, 6.07) is 17.9. The highest BCUT2D eigenvalue weighted by Crippen LogP contribution is 2.30. The van der Waals surface area contributed by atoms with Gasteiger partial charge in [0.2, 0.25) is 0 Å². The van der Waals surface area contributed by atoms with E-state index in [4.69, 9.17) is 33.3 Å². The maximum atomic E-state index is 13.0. The molecule has 8 nitrogen and oxygen atoms in total. The van der Waals surface area contributed by atoms with Crippen molar-refractivity contribution in [3.8, 4) is 11.5 Å². The summed E-state index contributed by atoms with van der Waals surface area (Å²) >= 11 is 15.4. The summed E-state index contributed by atoms with van der Waals surface area (Å²) in [5.74, 6) is 1.09. The zero-order chi connectivity index (χ0) is 29.4. The molecule has 1 fully saturated rings. The van der Waals surface area contributed by atoms with Crippen LogP contribution in [0.1, 0.15) is 41.0 Å². The molecule has 41 heavy (non-hydrogen) atoms. The lowest BCUT2D eigenvalue weighted by Crippen LogP contribution is -2.48. The third kappa shape index (κ3) is 8.12. The van der Waals surface area contributed by atoms with Gasteiger partial charge in [0.1, 0.15) is 11.5 Å². The number of ether oxygens (including phenoxy) is 2. The predicted octanol–water partition coefficient (Wildman–Crippen LogP) is 6.38. The number of carbonyl (C=O) groups is 2.